The van der Waals surface area contributed by atoms with Gasteiger partial charge in [0.05, 0.1) is 26.3 Å². The van der Waals surface area contributed by atoms with Crippen LogP contribution in [0.1, 0.15) is 78.1 Å². The van der Waals surface area contributed by atoms with Crippen LogP contribution >= 0.6 is 0 Å². The summed E-state index contributed by atoms with van der Waals surface area (Å²) in [4.78, 5) is 13.1. The first-order chi connectivity index (χ1) is 14.7. The van der Waals surface area contributed by atoms with Crippen molar-refractivity contribution in [2.75, 3.05) is 20.8 Å². The Balaban J connectivity index is 2.26. The molecule has 0 aliphatic rings. The van der Waals surface area contributed by atoms with Crippen molar-refractivity contribution in [1.82, 2.24) is 4.57 Å². The van der Waals surface area contributed by atoms with Crippen molar-refractivity contribution in [3.8, 4) is 17.2 Å². The third kappa shape index (κ3) is 6.41. The second-order valence-corrected chi connectivity index (χ2v) is 7.88. The Morgan fingerprint density at radius 1 is 0.800 bits per heavy atom. The molecule has 0 spiro atoms. The minimum Gasteiger partial charge on any atom is -0.494 e. The van der Waals surface area contributed by atoms with Gasteiger partial charge in [0, 0.05) is 18.0 Å². The number of pyridine rings is 1. The van der Waals surface area contributed by atoms with E-state index in [-0.39, 0.29) is 11.3 Å². The predicted molar refractivity (Wildman–Crippen MR) is 124 cm³/mol. The maximum Gasteiger partial charge on any atom is 0.297 e. The fourth-order valence-corrected chi connectivity index (χ4v) is 3.84. The molecule has 5 nitrogen and oxygen atoms in total. The van der Waals surface area contributed by atoms with Gasteiger partial charge in [-0.25, -0.2) is 0 Å². The highest BCUT2D eigenvalue weighted by Gasteiger charge is 2.18. The Morgan fingerprint density at radius 2 is 1.43 bits per heavy atom. The number of methoxy groups -OCH3 is 2. The van der Waals surface area contributed by atoms with E-state index in [9.17, 15) is 4.79 Å². The third-order valence-electron chi connectivity index (χ3n) is 5.56. The summed E-state index contributed by atoms with van der Waals surface area (Å²) < 4.78 is 18.7. The lowest BCUT2D eigenvalue weighted by molar-refractivity contribution is 0.305. The number of benzene rings is 1. The molecule has 168 valence electrons. The molecule has 5 heteroatoms. The number of rotatable bonds is 15. The van der Waals surface area contributed by atoms with Gasteiger partial charge in [0.1, 0.15) is 5.75 Å². The molecule has 2 aromatic rings. The molecule has 1 heterocycles. The molecule has 0 N–H and O–H groups in total. The zero-order valence-electron chi connectivity index (χ0n) is 19.3. The van der Waals surface area contributed by atoms with Crippen molar-refractivity contribution < 1.29 is 14.2 Å². The summed E-state index contributed by atoms with van der Waals surface area (Å²) in [6.45, 7) is 5.79. The first kappa shape index (κ1) is 24.1. The minimum absolute atomic E-state index is 0.143. The molecule has 30 heavy (non-hydrogen) atoms. The average Bonchev–Trinajstić information content (AvgIpc) is 2.76. The summed E-state index contributed by atoms with van der Waals surface area (Å²) in [7, 11) is 3.10. The highest BCUT2D eigenvalue weighted by molar-refractivity contribution is 5.89. The van der Waals surface area contributed by atoms with Gasteiger partial charge in [-0.1, -0.05) is 65.2 Å². The van der Waals surface area contributed by atoms with Gasteiger partial charge in [-0.3, -0.25) is 4.79 Å². The van der Waals surface area contributed by atoms with Crippen molar-refractivity contribution in [1.29, 1.82) is 0 Å². The number of unbranched alkanes of at least 4 members (excludes halogenated alkanes) is 8. The van der Waals surface area contributed by atoms with Crippen molar-refractivity contribution >= 4 is 10.9 Å². The number of aromatic nitrogens is 1. The largest absolute Gasteiger partial charge is 0.494 e. The second-order valence-electron chi connectivity index (χ2n) is 7.88. The fourth-order valence-electron chi connectivity index (χ4n) is 3.84. The molecule has 2 rings (SSSR count). The molecule has 0 aliphatic carbocycles. The van der Waals surface area contributed by atoms with Gasteiger partial charge in [-0.05, 0) is 25.0 Å². The number of hydrogen-bond acceptors (Lipinski definition) is 4. The molecule has 0 fully saturated rings. The van der Waals surface area contributed by atoms with Crippen LogP contribution in [-0.2, 0) is 6.54 Å². The van der Waals surface area contributed by atoms with Crippen molar-refractivity contribution in [3.05, 3.63) is 28.6 Å². The van der Waals surface area contributed by atoms with Crippen molar-refractivity contribution in [2.45, 2.75) is 84.6 Å². The zero-order valence-corrected chi connectivity index (χ0v) is 19.3. The zero-order chi connectivity index (χ0) is 21.8. The van der Waals surface area contributed by atoms with Gasteiger partial charge in [0.25, 0.3) is 5.56 Å². The number of nitrogens with zero attached hydrogens (tertiary/aromatic N) is 1. The Morgan fingerprint density at radius 3 is 2.10 bits per heavy atom. The van der Waals surface area contributed by atoms with Crippen LogP contribution in [0.4, 0.5) is 0 Å². The molecular weight excluding hydrogens is 378 g/mol. The van der Waals surface area contributed by atoms with Gasteiger partial charge in [0.15, 0.2) is 5.75 Å². The van der Waals surface area contributed by atoms with Gasteiger partial charge in [0.2, 0.25) is 5.75 Å². The maximum absolute atomic E-state index is 13.1. The van der Waals surface area contributed by atoms with E-state index in [4.69, 9.17) is 14.2 Å². The highest BCUT2D eigenvalue weighted by Crippen LogP contribution is 2.34. The van der Waals surface area contributed by atoms with E-state index in [0.717, 1.165) is 35.9 Å². The molecule has 1 aromatic heterocycles. The lowest BCUT2D eigenvalue weighted by Gasteiger charge is -2.17. The maximum atomic E-state index is 13.1. The van der Waals surface area contributed by atoms with E-state index < -0.39 is 0 Å². The van der Waals surface area contributed by atoms with E-state index in [0.29, 0.717) is 18.9 Å². The molecule has 0 amide bonds. The van der Waals surface area contributed by atoms with Gasteiger partial charge < -0.3 is 18.8 Å². The second kappa shape index (κ2) is 13.2. The van der Waals surface area contributed by atoms with Crippen LogP contribution in [0.5, 0.6) is 17.2 Å². The summed E-state index contributed by atoms with van der Waals surface area (Å²) in [5.74, 6) is 1.55. The number of aryl methyl sites for hydroxylation is 1. The predicted octanol–water partition coefficient (Wildman–Crippen LogP) is 6.34. The Kier molecular flexibility index (Phi) is 10.6. The summed E-state index contributed by atoms with van der Waals surface area (Å²) in [6, 6.07) is 5.88. The molecule has 1 aromatic carbocycles. The Bertz CT molecular complexity index is 828. The summed E-state index contributed by atoms with van der Waals surface area (Å²) in [5, 5.41) is 0.873. The minimum atomic E-state index is -0.143. The highest BCUT2D eigenvalue weighted by atomic mass is 16.5. The number of fused-ring (bicyclic) bond motifs is 1. The van der Waals surface area contributed by atoms with Crippen LogP contribution < -0.4 is 19.8 Å². The molecule has 0 bridgehead atoms. The SMILES string of the molecule is CCCCCCCCn1c(=O)c(OC)c(OC)c2ccc(OCCCCCC)cc21. The quantitative estimate of drug-likeness (QED) is 0.317. The first-order valence-corrected chi connectivity index (χ1v) is 11.6. The third-order valence-corrected chi connectivity index (χ3v) is 5.56. The molecule has 0 atom stereocenters. The van der Waals surface area contributed by atoms with E-state index in [1.807, 2.05) is 22.8 Å². The van der Waals surface area contributed by atoms with E-state index in [2.05, 4.69) is 13.8 Å². The van der Waals surface area contributed by atoms with Crippen LogP contribution in [-0.4, -0.2) is 25.4 Å². The lowest BCUT2D eigenvalue weighted by Crippen LogP contribution is -2.23. The van der Waals surface area contributed by atoms with Crippen LogP contribution in [0, 0.1) is 0 Å². The van der Waals surface area contributed by atoms with Crippen LogP contribution in [0.2, 0.25) is 0 Å². The van der Waals surface area contributed by atoms with Crippen LogP contribution in [0.15, 0.2) is 23.0 Å². The van der Waals surface area contributed by atoms with Crippen LogP contribution in [0.25, 0.3) is 10.9 Å². The summed E-state index contributed by atoms with van der Waals surface area (Å²) in [5.41, 5.74) is 0.702. The summed E-state index contributed by atoms with van der Waals surface area (Å²) in [6.07, 6.45) is 11.7. The smallest absolute Gasteiger partial charge is 0.297 e. The topological polar surface area (TPSA) is 49.7 Å². The standard InChI is InChI=1S/C25H39NO4/c1-5-7-9-11-12-13-17-26-22-19-20(30-18-14-10-8-6-2)15-16-21(22)23(28-3)24(29-4)25(26)27/h15-16,19H,5-14,17-18H2,1-4H3. The van der Waals surface area contributed by atoms with Crippen molar-refractivity contribution in [3.63, 3.8) is 0 Å². The van der Waals surface area contributed by atoms with E-state index in [1.54, 1.807) is 7.11 Å². The molecular formula is C25H39NO4. The average molecular weight is 418 g/mol. The van der Waals surface area contributed by atoms with Gasteiger partial charge >= 0.3 is 0 Å². The molecule has 0 saturated carbocycles. The number of hydrogen-bond donors (Lipinski definition) is 0. The molecule has 0 aliphatic heterocycles. The van der Waals surface area contributed by atoms with E-state index >= 15 is 0 Å². The van der Waals surface area contributed by atoms with Crippen molar-refractivity contribution in [2.24, 2.45) is 0 Å². The monoisotopic (exact) mass is 417 g/mol. The number of ether oxygens (including phenoxy) is 3. The fraction of sp³-hybridized carbons (Fsp3) is 0.640. The molecule has 0 saturated heterocycles. The van der Waals surface area contributed by atoms with Gasteiger partial charge in [-0.15, -0.1) is 0 Å². The molecule has 0 unspecified atom stereocenters. The lowest BCUT2D eigenvalue weighted by atomic mass is 10.1. The van der Waals surface area contributed by atoms with Gasteiger partial charge in [-0.2, -0.15) is 0 Å². The normalized spacial score (nSPS) is 11.1. The molecule has 0 radical (unpaired) electrons. The van der Waals surface area contributed by atoms with E-state index in [1.165, 1.54) is 52.1 Å². The summed E-state index contributed by atoms with van der Waals surface area (Å²) >= 11 is 0. The first-order valence-electron chi connectivity index (χ1n) is 11.6. The van der Waals surface area contributed by atoms with Crippen LogP contribution in [0.3, 0.4) is 0 Å². The Labute approximate surface area is 181 Å². The Hall–Kier alpha value is -2.17.